The van der Waals surface area contributed by atoms with Crippen molar-refractivity contribution in [1.82, 2.24) is 0 Å². The van der Waals surface area contributed by atoms with Crippen LogP contribution in [0.15, 0.2) is 54.6 Å². The van der Waals surface area contributed by atoms with Crippen LogP contribution in [0.2, 0.25) is 0 Å². The molecule has 0 aliphatic heterocycles. The number of hydrogen-bond acceptors (Lipinski definition) is 1. The minimum atomic E-state index is 0.207. The third-order valence-corrected chi connectivity index (χ3v) is 3.21. The molecule has 0 bridgehead atoms. The number of aliphatic hydroxyl groups excluding tert-OH is 1. The van der Waals surface area contributed by atoms with Crippen molar-refractivity contribution in [2.45, 2.75) is 6.42 Å². The topological polar surface area (TPSA) is 20.2 Å². The van der Waals surface area contributed by atoms with Gasteiger partial charge in [0.25, 0.3) is 0 Å². The van der Waals surface area contributed by atoms with Crippen molar-refractivity contribution in [3.05, 3.63) is 60.2 Å². The number of benzene rings is 3. The minimum Gasteiger partial charge on any atom is -0.396 e. The Labute approximate surface area is 100 Å². The summed E-state index contributed by atoms with van der Waals surface area (Å²) in [7, 11) is 0. The quantitative estimate of drug-likeness (QED) is 0.658. The Bertz CT molecular complexity index is 670. The van der Waals surface area contributed by atoms with Crippen LogP contribution in [-0.4, -0.2) is 11.7 Å². The van der Waals surface area contributed by atoms with Gasteiger partial charge in [0.05, 0.1) is 0 Å². The van der Waals surface area contributed by atoms with E-state index in [-0.39, 0.29) is 6.61 Å². The van der Waals surface area contributed by atoms with E-state index in [9.17, 15) is 0 Å². The number of fused-ring (bicyclic) bond motifs is 3. The van der Waals surface area contributed by atoms with E-state index in [4.69, 9.17) is 5.11 Å². The van der Waals surface area contributed by atoms with Crippen LogP contribution in [0.1, 0.15) is 5.56 Å². The molecule has 1 nitrogen and oxygen atoms in total. The Kier molecular flexibility index (Phi) is 2.54. The lowest BCUT2D eigenvalue weighted by molar-refractivity contribution is 0.299. The number of hydrogen-bond donors (Lipinski definition) is 1. The normalized spacial score (nSPS) is 11.1. The first-order chi connectivity index (χ1) is 8.38. The van der Waals surface area contributed by atoms with E-state index in [0.29, 0.717) is 0 Å². The highest BCUT2D eigenvalue weighted by atomic mass is 16.2. The summed E-state index contributed by atoms with van der Waals surface area (Å²) < 4.78 is 0. The lowest BCUT2D eigenvalue weighted by Crippen LogP contribution is -1.90. The van der Waals surface area contributed by atoms with Crippen molar-refractivity contribution >= 4 is 21.5 Å². The summed E-state index contributed by atoms with van der Waals surface area (Å²) >= 11 is 0. The molecule has 0 aliphatic carbocycles. The SMILES string of the molecule is OCCc1ccc2c(ccc3ccccc32)c1. The van der Waals surface area contributed by atoms with Crippen molar-refractivity contribution in [1.29, 1.82) is 0 Å². The first-order valence-electron chi connectivity index (χ1n) is 5.90. The van der Waals surface area contributed by atoms with Crippen LogP contribution < -0.4 is 0 Å². The second-order valence-corrected chi connectivity index (χ2v) is 4.32. The van der Waals surface area contributed by atoms with Gasteiger partial charge in [-0.3, -0.25) is 0 Å². The van der Waals surface area contributed by atoms with Gasteiger partial charge in [-0.05, 0) is 33.5 Å². The molecular weight excluding hydrogens is 208 g/mol. The van der Waals surface area contributed by atoms with Gasteiger partial charge < -0.3 is 5.11 Å². The highest BCUT2D eigenvalue weighted by molar-refractivity contribution is 6.07. The van der Waals surface area contributed by atoms with Gasteiger partial charge in [0.15, 0.2) is 0 Å². The smallest absolute Gasteiger partial charge is 0.0471 e. The summed E-state index contributed by atoms with van der Waals surface area (Å²) in [6, 6.07) is 19.2. The van der Waals surface area contributed by atoms with Gasteiger partial charge >= 0.3 is 0 Å². The Morgan fingerprint density at radius 3 is 2.41 bits per heavy atom. The predicted octanol–water partition coefficient (Wildman–Crippen LogP) is 3.53. The molecule has 0 saturated carbocycles. The molecule has 0 saturated heterocycles. The monoisotopic (exact) mass is 222 g/mol. The Balaban J connectivity index is 2.29. The zero-order valence-corrected chi connectivity index (χ0v) is 9.56. The van der Waals surface area contributed by atoms with Gasteiger partial charge in [0.1, 0.15) is 0 Å². The third kappa shape index (κ3) is 1.79. The van der Waals surface area contributed by atoms with E-state index >= 15 is 0 Å². The van der Waals surface area contributed by atoms with Crippen molar-refractivity contribution < 1.29 is 5.11 Å². The molecule has 1 heteroatoms. The first-order valence-corrected chi connectivity index (χ1v) is 5.90. The van der Waals surface area contributed by atoms with Gasteiger partial charge in [-0.2, -0.15) is 0 Å². The Morgan fingerprint density at radius 1 is 0.765 bits per heavy atom. The molecule has 3 aromatic carbocycles. The van der Waals surface area contributed by atoms with Crippen molar-refractivity contribution in [2.75, 3.05) is 6.61 Å². The van der Waals surface area contributed by atoms with Crippen LogP contribution in [0.3, 0.4) is 0 Å². The maximum atomic E-state index is 8.96. The Morgan fingerprint density at radius 2 is 1.53 bits per heavy atom. The zero-order valence-electron chi connectivity index (χ0n) is 9.56. The average molecular weight is 222 g/mol. The first kappa shape index (κ1) is 10.3. The van der Waals surface area contributed by atoms with E-state index in [0.717, 1.165) is 6.42 Å². The molecule has 0 fully saturated rings. The minimum absolute atomic E-state index is 0.207. The fourth-order valence-electron chi connectivity index (χ4n) is 2.35. The fourth-order valence-corrected chi connectivity index (χ4v) is 2.35. The molecule has 0 heterocycles. The van der Waals surface area contributed by atoms with Crippen molar-refractivity contribution in [3.8, 4) is 0 Å². The van der Waals surface area contributed by atoms with E-state index in [2.05, 4.69) is 54.6 Å². The molecule has 0 spiro atoms. The highest BCUT2D eigenvalue weighted by Crippen LogP contribution is 2.26. The molecule has 0 aromatic heterocycles. The summed E-state index contributed by atoms with van der Waals surface area (Å²) in [5.41, 5.74) is 1.19. The lowest BCUT2D eigenvalue weighted by Gasteiger charge is -2.05. The third-order valence-electron chi connectivity index (χ3n) is 3.21. The van der Waals surface area contributed by atoms with Gasteiger partial charge in [0, 0.05) is 6.61 Å². The second kappa shape index (κ2) is 4.19. The largest absolute Gasteiger partial charge is 0.396 e. The van der Waals surface area contributed by atoms with Gasteiger partial charge in [-0.1, -0.05) is 54.6 Å². The van der Waals surface area contributed by atoms with Crippen LogP contribution in [0, 0.1) is 0 Å². The molecule has 0 aliphatic rings. The maximum absolute atomic E-state index is 8.96. The summed E-state index contributed by atoms with van der Waals surface area (Å²) in [6.07, 6.45) is 0.725. The molecule has 0 amide bonds. The summed E-state index contributed by atoms with van der Waals surface area (Å²) in [5, 5.41) is 14.1. The summed E-state index contributed by atoms with van der Waals surface area (Å²) in [5.74, 6) is 0. The van der Waals surface area contributed by atoms with Crippen molar-refractivity contribution in [2.24, 2.45) is 0 Å². The van der Waals surface area contributed by atoms with Gasteiger partial charge in [0.2, 0.25) is 0 Å². The Hall–Kier alpha value is -1.86. The summed E-state index contributed by atoms with van der Waals surface area (Å²) in [6.45, 7) is 0.207. The molecule has 17 heavy (non-hydrogen) atoms. The van der Waals surface area contributed by atoms with Crippen LogP contribution in [0.5, 0.6) is 0 Å². The number of rotatable bonds is 2. The van der Waals surface area contributed by atoms with Gasteiger partial charge in [-0.25, -0.2) is 0 Å². The number of aliphatic hydroxyl groups is 1. The standard InChI is InChI=1S/C16H14O/c17-10-9-12-5-8-16-14(11-12)7-6-13-3-1-2-4-15(13)16/h1-8,11,17H,9-10H2. The molecule has 0 atom stereocenters. The van der Waals surface area contributed by atoms with Crippen LogP contribution in [0.25, 0.3) is 21.5 Å². The summed E-state index contributed by atoms with van der Waals surface area (Å²) in [4.78, 5) is 0. The maximum Gasteiger partial charge on any atom is 0.0471 e. The molecule has 3 rings (SSSR count). The molecule has 0 radical (unpaired) electrons. The molecule has 84 valence electrons. The van der Waals surface area contributed by atoms with E-state index < -0.39 is 0 Å². The zero-order chi connectivity index (χ0) is 11.7. The average Bonchev–Trinajstić information content (AvgIpc) is 2.39. The van der Waals surface area contributed by atoms with E-state index in [1.165, 1.54) is 27.1 Å². The van der Waals surface area contributed by atoms with Crippen LogP contribution in [0.4, 0.5) is 0 Å². The lowest BCUT2D eigenvalue weighted by atomic mass is 9.99. The van der Waals surface area contributed by atoms with Gasteiger partial charge in [-0.15, -0.1) is 0 Å². The van der Waals surface area contributed by atoms with Crippen LogP contribution >= 0.6 is 0 Å². The molecule has 0 unspecified atom stereocenters. The fraction of sp³-hybridized carbons (Fsp3) is 0.125. The second-order valence-electron chi connectivity index (χ2n) is 4.32. The highest BCUT2D eigenvalue weighted by Gasteiger charge is 2.00. The van der Waals surface area contributed by atoms with Crippen LogP contribution in [-0.2, 0) is 6.42 Å². The molecule has 1 N–H and O–H groups in total. The van der Waals surface area contributed by atoms with Crippen molar-refractivity contribution in [3.63, 3.8) is 0 Å². The van der Waals surface area contributed by atoms with E-state index in [1.54, 1.807) is 0 Å². The molecule has 3 aromatic rings. The van der Waals surface area contributed by atoms with E-state index in [1.807, 2.05) is 0 Å². The molecular formula is C16H14O. The predicted molar refractivity (Wildman–Crippen MR) is 72.2 cm³/mol.